The van der Waals surface area contributed by atoms with Crippen LogP contribution in [0.1, 0.15) is 53.8 Å². The first-order chi connectivity index (χ1) is 12.0. The fraction of sp³-hybridized carbons (Fsp3) is 0.526. The highest BCUT2D eigenvalue weighted by atomic mass is 16.5. The zero-order chi connectivity index (χ0) is 18.0. The van der Waals surface area contributed by atoms with E-state index < -0.39 is 17.9 Å². The number of imide groups is 1. The first kappa shape index (κ1) is 17.6. The van der Waals surface area contributed by atoms with Gasteiger partial charge in [-0.3, -0.25) is 19.3 Å². The highest BCUT2D eigenvalue weighted by Gasteiger charge is 2.42. The van der Waals surface area contributed by atoms with Crippen molar-refractivity contribution in [2.24, 2.45) is 5.92 Å². The molecule has 0 bridgehead atoms. The lowest BCUT2D eigenvalue weighted by molar-refractivity contribution is -0.126. The highest BCUT2D eigenvalue weighted by Crippen LogP contribution is 2.27. The van der Waals surface area contributed by atoms with Crippen molar-refractivity contribution in [3.63, 3.8) is 0 Å². The Morgan fingerprint density at radius 2 is 1.88 bits per heavy atom. The Balaban J connectivity index is 1.77. The van der Waals surface area contributed by atoms with Crippen molar-refractivity contribution in [1.82, 2.24) is 10.2 Å². The summed E-state index contributed by atoms with van der Waals surface area (Å²) in [6.07, 6.45) is 2.37. The third kappa shape index (κ3) is 3.58. The van der Waals surface area contributed by atoms with Crippen molar-refractivity contribution in [1.29, 1.82) is 0 Å². The lowest BCUT2D eigenvalue weighted by Gasteiger charge is -2.27. The van der Waals surface area contributed by atoms with Gasteiger partial charge in [-0.15, -0.1) is 0 Å². The molecule has 0 radical (unpaired) electrons. The van der Waals surface area contributed by atoms with Gasteiger partial charge in [0.25, 0.3) is 11.8 Å². The zero-order valence-corrected chi connectivity index (χ0v) is 14.7. The van der Waals surface area contributed by atoms with Crippen LogP contribution in [0.5, 0.6) is 0 Å². The van der Waals surface area contributed by atoms with Crippen LogP contribution in [0.15, 0.2) is 24.3 Å². The van der Waals surface area contributed by atoms with Gasteiger partial charge in [-0.05, 0) is 37.3 Å². The molecule has 0 saturated carbocycles. The molecule has 3 amide bonds. The molecule has 1 saturated heterocycles. The van der Waals surface area contributed by atoms with Crippen LogP contribution in [-0.4, -0.2) is 47.9 Å². The molecular formula is C19H24N2O4. The fourth-order valence-corrected chi connectivity index (χ4v) is 3.40. The molecule has 2 aliphatic heterocycles. The van der Waals surface area contributed by atoms with Gasteiger partial charge in [-0.1, -0.05) is 26.0 Å². The van der Waals surface area contributed by atoms with Gasteiger partial charge in [0.05, 0.1) is 17.2 Å². The van der Waals surface area contributed by atoms with E-state index >= 15 is 0 Å². The lowest BCUT2D eigenvalue weighted by Crippen LogP contribution is -2.51. The van der Waals surface area contributed by atoms with Gasteiger partial charge in [0, 0.05) is 13.2 Å². The van der Waals surface area contributed by atoms with E-state index in [2.05, 4.69) is 5.32 Å². The first-order valence-electron chi connectivity index (χ1n) is 8.85. The summed E-state index contributed by atoms with van der Waals surface area (Å²) in [5, 5.41) is 2.86. The number of nitrogens with zero attached hydrogens (tertiary/aromatic N) is 1. The second-order valence-corrected chi connectivity index (χ2v) is 7.05. The summed E-state index contributed by atoms with van der Waals surface area (Å²) in [5.41, 5.74) is 0.737. The Bertz CT molecular complexity index is 645. The Morgan fingerprint density at radius 1 is 1.24 bits per heavy atom. The van der Waals surface area contributed by atoms with E-state index in [1.807, 2.05) is 13.8 Å². The van der Waals surface area contributed by atoms with E-state index in [9.17, 15) is 14.4 Å². The molecule has 2 aliphatic rings. The number of carbonyl (C=O) groups excluding carboxylic acids is 3. The maximum Gasteiger partial charge on any atom is 0.262 e. The third-order valence-electron chi connectivity index (χ3n) is 4.66. The highest BCUT2D eigenvalue weighted by molar-refractivity contribution is 6.22. The van der Waals surface area contributed by atoms with Crippen molar-refractivity contribution in [2.75, 3.05) is 13.2 Å². The molecule has 25 heavy (non-hydrogen) atoms. The number of amides is 3. The number of carbonyl (C=O) groups is 3. The minimum absolute atomic E-state index is 0.0193. The minimum atomic E-state index is -0.797. The fourth-order valence-electron chi connectivity index (χ4n) is 3.40. The molecule has 6 heteroatoms. The molecule has 2 atom stereocenters. The smallest absolute Gasteiger partial charge is 0.262 e. The van der Waals surface area contributed by atoms with E-state index in [4.69, 9.17) is 4.74 Å². The third-order valence-corrected chi connectivity index (χ3v) is 4.66. The van der Waals surface area contributed by atoms with Crippen molar-refractivity contribution in [3.05, 3.63) is 35.4 Å². The summed E-state index contributed by atoms with van der Waals surface area (Å²) in [6.45, 7) is 5.07. The van der Waals surface area contributed by atoms with Gasteiger partial charge in [0.15, 0.2) is 0 Å². The second kappa shape index (κ2) is 7.35. The number of fused-ring (bicyclic) bond motifs is 1. The topological polar surface area (TPSA) is 75.7 Å². The van der Waals surface area contributed by atoms with E-state index in [1.165, 1.54) is 0 Å². The molecule has 0 aliphatic carbocycles. The second-order valence-electron chi connectivity index (χ2n) is 7.05. The Morgan fingerprint density at radius 3 is 2.40 bits per heavy atom. The van der Waals surface area contributed by atoms with Crippen LogP contribution in [0.3, 0.4) is 0 Å². The summed E-state index contributed by atoms with van der Waals surface area (Å²) >= 11 is 0. The number of ether oxygens (including phenoxy) is 1. The molecule has 0 spiro atoms. The molecule has 134 valence electrons. The summed E-state index contributed by atoms with van der Waals surface area (Å²) < 4.78 is 5.52. The standard InChI is InChI=1S/C19H24N2O4/c1-12(2)10-16(17(22)20-11-13-6-5-9-25-13)21-18(23)14-7-3-4-8-15(14)19(21)24/h3-4,7-8,12-13,16H,5-6,9-11H2,1-2H3,(H,20,22)/t13-,16-/m1/s1. The van der Waals surface area contributed by atoms with Crippen LogP contribution in [0.2, 0.25) is 0 Å². The molecule has 1 fully saturated rings. The van der Waals surface area contributed by atoms with Crippen molar-refractivity contribution < 1.29 is 19.1 Å². The SMILES string of the molecule is CC(C)C[C@H](C(=O)NC[C@H]1CCCO1)N1C(=O)c2ccccc2C1=O. The molecule has 2 heterocycles. The van der Waals surface area contributed by atoms with Gasteiger partial charge in [0.1, 0.15) is 6.04 Å². The van der Waals surface area contributed by atoms with Crippen molar-refractivity contribution in [2.45, 2.75) is 45.3 Å². The van der Waals surface area contributed by atoms with Crippen LogP contribution < -0.4 is 5.32 Å². The number of hydrogen-bond donors (Lipinski definition) is 1. The van der Waals surface area contributed by atoms with Gasteiger partial charge in [0.2, 0.25) is 5.91 Å². The van der Waals surface area contributed by atoms with Crippen LogP contribution in [0.25, 0.3) is 0 Å². The average Bonchev–Trinajstić information content (AvgIpc) is 3.19. The van der Waals surface area contributed by atoms with Gasteiger partial charge >= 0.3 is 0 Å². The first-order valence-corrected chi connectivity index (χ1v) is 8.85. The van der Waals surface area contributed by atoms with E-state index in [0.717, 1.165) is 17.7 Å². The maximum absolute atomic E-state index is 12.8. The molecular weight excluding hydrogens is 320 g/mol. The number of rotatable bonds is 6. The van der Waals surface area contributed by atoms with E-state index in [1.54, 1.807) is 24.3 Å². The maximum atomic E-state index is 12.8. The Hall–Kier alpha value is -2.21. The zero-order valence-electron chi connectivity index (χ0n) is 14.7. The Kier molecular flexibility index (Phi) is 5.18. The molecule has 3 rings (SSSR count). The normalized spacial score (nSPS) is 20.9. The van der Waals surface area contributed by atoms with Crippen LogP contribution in [0, 0.1) is 5.92 Å². The molecule has 1 N–H and O–H groups in total. The molecule has 0 unspecified atom stereocenters. The van der Waals surface area contributed by atoms with Crippen molar-refractivity contribution in [3.8, 4) is 0 Å². The predicted octanol–water partition coefficient (Wildman–Crippen LogP) is 1.99. The lowest BCUT2D eigenvalue weighted by atomic mass is 10.0. The molecule has 1 aromatic rings. The Labute approximate surface area is 147 Å². The number of nitrogens with one attached hydrogen (secondary N) is 1. The van der Waals surface area contributed by atoms with Crippen LogP contribution >= 0.6 is 0 Å². The molecule has 1 aromatic carbocycles. The number of hydrogen-bond acceptors (Lipinski definition) is 4. The van der Waals surface area contributed by atoms with Crippen molar-refractivity contribution >= 4 is 17.7 Å². The number of benzene rings is 1. The predicted molar refractivity (Wildman–Crippen MR) is 92.2 cm³/mol. The minimum Gasteiger partial charge on any atom is -0.376 e. The summed E-state index contributed by atoms with van der Waals surface area (Å²) in [5.74, 6) is -0.904. The van der Waals surface area contributed by atoms with Crippen LogP contribution in [-0.2, 0) is 9.53 Å². The van der Waals surface area contributed by atoms with Gasteiger partial charge in [-0.2, -0.15) is 0 Å². The monoisotopic (exact) mass is 344 g/mol. The molecule has 0 aromatic heterocycles. The van der Waals surface area contributed by atoms with E-state index in [-0.39, 0.29) is 17.9 Å². The van der Waals surface area contributed by atoms with Crippen LogP contribution in [0.4, 0.5) is 0 Å². The quantitative estimate of drug-likeness (QED) is 0.801. The van der Waals surface area contributed by atoms with Gasteiger partial charge < -0.3 is 10.1 Å². The average molecular weight is 344 g/mol. The summed E-state index contributed by atoms with van der Waals surface area (Å²) in [6, 6.07) is 5.91. The van der Waals surface area contributed by atoms with Gasteiger partial charge in [-0.25, -0.2) is 0 Å². The van der Waals surface area contributed by atoms with E-state index in [0.29, 0.717) is 30.7 Å². The summed E-state index contributed by atoms with van der Waals surface area (Å²) in [4.78, 5) is 39.3. The largest absolute Gasteiger partial charge is 0.376 e. The summed E-state index contributed by atoms with van der Waals surface area (Å²) in [7, 11) is 0. The molecule has 6 nitrogen and oxygen atoms in total.